The van der Waals surface area contributed by atoms with Gasteiger partial charge in [-0.1, -0.05) is 6.08 Å². The standard InChI is InChI=1S/C9H13NO3/c1-13-9(12)6-2-4-10-5-3-7(11)8(6)10/h2,7-8,11H,3-5H2,1H3/t7-,8-/m1/s1. The molecule has 1 N–H and O–H groups in total. The van der Waals surface area contributed by atoms with Crippen LogP contribution in [0.15, 0.2) is 11.6 Å². The molecule has 0 bridgehead atoms. The molecule has 72 valence electrons. The Labute approximate surface area is 76.8 Å². The predicted octanol–water partition coefficient (Wildman–Crippen LogP) is -0.465. The molecule has 0 aromatic carbocycles. The number of carbonyl (C=O) groups is 1. The van der Waals surface area contributed by atoms with Crippen LogP contribution in [-0.2, 0) is 9.53 Å². The first kappa shape index (κ1) is 8.72. The van der Waals surface area contributed by atoms with Gasteiger partial charge in [0, 0.05) is 13.1 Å². The highest BCUT2D eigenvalue weighted by Gasteiger charge is 2.41. The van der Waals surface area contributed by atoms with E-state index in [4.69, 9.17) is 0 Å². The molecule has 2 rings (SSSR count). The van der Waals surface area contributed by atoms with Gasteiger partial charge in [0.15, 0.2) is 0 Å². The van der Waals surface area contributed by atoms with Crippen LogP contribution in [0.2, 0.25) is 0 Å². The number of aliphatic hydroxyl groups excluding tert-OH is 1. The van der Waals surface area contributed by atoms with Crippen molar-refractivity contribution < 1.29 is 14.6 Å². The summed E-state index contributed by atoms with van der Waals surface area (Å²) in [5, 5.41) is 9.62. The second-order valence-electron chi connectivity index (χ2n) is 3.45. The van der Waals surface area contributed by atoms with Crippen molar-refractivity contribution in [1.29, 1.82) is 0 Å². The van der Waals surface area contributed by atoms with Gasteiger partial charge >= 0.3 is 5.97 Å². The van der Waals surface area contributed by atoms with E-state index in [2.05, 4.69) is 9.64 Å². The van der Waals surface area contributed by atoms with Crippen LogP contribution in [0.4, 0.5) is 0 Å². The summed E-state index contributed by atoms with van der Waals surface area (Å²) >= 11 is 0. The molecule has 2 aliphatic heterocycles. The average Bonchev–Trinajstić information content (AvgIpc) is 2.68. The van der Waals surface area contributed by atoms with Gasteiger partial charge in [-0.3, -0.25) is 4.90 Å². The molecule has 1 fully saturated rings. The molecule has 0 aliphatic carbocycles. The van der Waals surface area contributed by atoms with Crippen molar-refractivity contribution >= 4 is 5.97 Å². The minimum atomic E-state index is -0.409. The number of nitrogens with zero attached hydrogens (tertiary/aromatic N) is 1. The fourth-order valence-electron chi connectivity index (χ4n) is 2.11. The van der Waals surface area contributed by atoms with Crippen LogP contribution in [-0.4, -0.2) is 48.3 Å². The molecule has 0 aromatic heterocycles. The number of aliphatic hydroxyl groups is 1. The molecular formula is C9H13NO3. The molecule has 0 unspecified atom stereocenters. The lowest BCUT2D eigenvalue weighted by Gasteiger charge is -2.19. The molecule has 2 aliphatic rings. The Morgan fingerprint density at radius 1 is 1.77 bits per heavy atom. The van der Waals surface area contributed by atoms with Gasteiger partial charge in [0.2, 0.25) is 0 Å². The fraction of sp³-hybridized carbons (Fsp3) is 0.667. The normalized spacial score (nSPS) is 32.9. The lowest BCUT2D eigenvalue weighted by atomic mass is 10.1. The van der Waals surface area contributed by atoms with Gasteiger partial charge in [0.1, 0.15) is 0 Å². The van der Waals surface area contributed by atoms with E-state index in [1.54, 1.807) is 0 Å². The summed E-state index contributed by atoms with van der Waals surface area (Å²) in [5.41, 5.74) is 0.618. The molecule has 4 heteroatoms. The van der Waals surface area contributed by atoms with Crippen molar-refractivity contribution in [1.82, 2.24) is 4.90 Å². The van der Waals surface area contributed by atoms with E-state index in [0.29, 0.717) is 5.57 Å². The Kier molecular flexibility index (Phi) is 2.09. The summed E-state index contributed by atoms with van der Waals surface area (Å²) < 4.78 is 4.65. The van der Waals surface area contributed by atoms with Crippen molar-refractivity contribution in [2.24, 2.45) is 0 Å². The van der Waals surface area contributed by atoms with Crippen LogP contribution in [0.25, 0.3) is 0 Å². The summed E-state index contributed by atoms with van der Waals surface area (Å²) in [5.74, 6) is -0.312. The number of carbonyl (C=O) groups excluding carboxylic acids is 1. The van der Waals surface area contributed by atoms with Crippen LogP contribution in [0, 0.1) is 0 Å². The summed E-state index contributed by atoms with van der Waals surface area (Å²) in [4.78, 5) is 13.4. The lowest BCUT2D eigenvalue weighted by Crippen LogP contribution is -2.34. The molecule has 0 amide bonds. The van der Waals surface area contributed by atoms with E-state index in [0.717, 1.165) is 19.5 Å². The molecule has 1 saturated heterocycles. The van der Waals surface area contributed by atoms with E-state index in [9.17, 15) is 9.90 Å². The highest BCUT2D eigenvalue weighted by Crippen LogP contribution is 2.29. The van der Waals surface area contributed by atoms with Gasteiger partial charge in [-0.2, -0.15) is 0 Å². The lowest BCUT2D eigenvalue weighted by molar-refractivity contribution is -0.136. The molecule has 0 radical (unpaired) electrons. The van der Waals surface area contributed by atoms with Crippen molar-refractivity contribution in [3.05, 3.63) is 11.6 Å². The van der Waals surface area contributed by atoms with Crippen LogP contribution in [0.5, 0.6) is 0 Å². The maximum absolute atomic E-state index is 11.3. The second kappa shape index (κ2) is 3.12. The molecule has 2 atom stereocenters. The summed E-state index contributed by atoms with van der Waals surface area (Å²) in [6.45, 7) is 1.62. The van der Waals surface area contributed by atoms with E-state index in [1.165, 1.54) is 7.11 Å². The molecule has 4 nitrogen and oxygen atoms in total. The smallest absolute Gasteiger partial charge is 0.335 e. The van der Waals surface area contributed by atoms with Crippen LogP contribution in [0.3, 0.4) is 0 Å². The maximum Gasteiger partial charge on any atom is 0.335 e. The predicted molar refractivity (Wildman–Crippen MR) is 46.1 cm³/mol. The van der Waals surface area contributed by atoms with E-state index in [1.807, 2.05) is 6.08 Å². The zero-order valence-electron chi connectivity index (χ0n) is 7.56. The van der Waals surface area contributed by atoms with Crippen LogP contribution in [0.1, 0.15) is 6.42 Å². The third-order valence-electron chi connectivity index (χ3n) is 2.76. The quantitative estimate of drug-likeness (QED) is 0.559. The molecule has 0 spiro atoms. The van der Waals surface area contributed by atoms with Crippen molar-refractivity contribution in [2.75, 3.05) is 20.2 Å². The number of rotatable bonds is 1. The fourth-order valence-corrected chi connectivity index (χ4v) is 2.11. The number of hydrogen-bond donors (Lipinski definition) is 1. The largest absolute Gasteiger partial charge is 0.466 e. The van der Waals surface area contributed by atoms with Gasteiger partial charge < -0.3 is 9.84 Å². The summed E-state index contributed by atoms with van der Waals surface area (Å²) in [6, 6.07) is -0.118. The summed E-state index contributed by atoms with van der Waals surface area (Å²) in [7, 11) is 1.37. The number of methoxy groups -OCH3 is 1. The Morgan fingerprint density at radius 2 is 2.54 bits per heavy atom. The number of esters is 1. The molecule has 0 aromatic rings. The van der Waals surface area contributed by atoms with Gasteiger partial charge in [-0.15, -0.1) is 0 Å². The number of ether oxygens (including phenoxy) is 1. The third-order valence-corrected chi connectivity index (χ3v) is 2.76. The maximum atomic E-state index is 11.3. The SMILES string of the molecule is COC(=O)C1=CCN2CC[C@@H](O)[C@@H]12. The van der Waals surface area contributed by atoms with E-state index >= 15 is 0 Å². The van der Waals surface area contributed by atoms with Crippen molar-refractivity contribution in [3.63, 3.8) is 0 Å². The molecule has 0 saturated carbocycles. The Morgan fingerprint density at radius 3 is 3.23 bits per heavy atom. The second-order valence-corrected chi connectivity index (χ2v) is 3.45. The molecule has 2 heterocycles. The number of hydrogen-bond acceptors (Lipinski definition) is 4. The first-order valence-electron chi connectivity index (χ1n) is 4.44. The zero-order valence-corrected chi connectivity index (χ0v) is 7.56. The van der Waals surface area contributed by atoms with Gasteiger partial charge in [0.05, 0.1) is 24.8 Å². The topological polar surface area (TPSA) is 49.8 Å². The molecule has 13 heavy (non-hydrogen) atoms. The number of fused-ring (bicyclic) bond motifs is 1. The highest BCUT2D eigenvalue weighted by atomic mass is 16.5. The Bertz CT molecular complexity index is 262. The van der Waals surface area contributed by atoms with Crippen LogP contribution < -0.4 is 0 Å². The third kappa shape index (κ3) is 1.26. The highest BCUT2D eigenvalue weighted by molar-refractivity contribution is 5.90. The van der Waals surface area contributed by atoms with Gasteiger partial charge in [-0.05, 0) is 6.42 Å². The first-order chi connectivity index (χ1) is 6.24. The minimum absolute atomic E-state index is 0.118. The molecular weight excluding hydrogens is 170 g/mol. The van der Waals surface area contributed by atoms with Gasteiger partial charge in [-0.25, -0.2) is 4.79 Å². The Balaban J connectivity index is 2.17. The van der Waals surface area contributed by atoms with Crippen molar-refractivity contribution in [2.45, 2.75) is 18.6 Å². The van der Waals surface area contributed by atoms with E-state index in [-0.39, 0.29) is 12.0 Å². The van der Waals surface area contributed by atoms with Crippen LogP contribution >= 0.6 is 0 Å². The van der Waals surface area contributed by atoms with Crippen molar-refractivity contribution in [3.8, 4) is 0 Å². The minimum Gasteiger partial charge on any atom is -0.466 e. The zero-order chi connectivity index (χ0) is 9.42. The summed E-state index contributed by atoms with van der Waals surface area (Å²) in [6.07, 6.45) is 2.19. The average molecular weight is 183 g/mol. The van der Waals surface area contributed by atoms with Gasteiger partial charge in [0.25, 0.3) is 0 Å². The first-order valence-corrected chi connectivity index (χ1v) is 4.44. The van der Waals surface area contributed by atoms with E-state index < -0.39 is 6.10 Å². The monoisotopic (exact) mass is 183 g/mol. The Hall–Kier alpha value is -0.870.